The zero-order valence-electron chi connectivity index (χ0n) is 11.8. The van der Waals surface area contributed by atoms with E-state index in [1.165, 1.54) is 12.1 Å². The van der Waals surface area contributed by atoms with E-state index in [9.17, 15) is 20.0 Å². The lowest BCUT2D eigenvalue weighted by atomic mass is 10.1. The number of aryl methyl sites for hydroxylation is 1. The maximum atomic E-state index is 11.2. The van der Waals surface area contributed by atoms with Crippen LogP contribution in [0.4, 0.5) is 11.4 Å². The van der Waals surface area contributed by atoms with Gasteiger partial charge in [-0.25, -0.2) is 4.79 Å². The molecule has 1 rings (SSSR count). The second kappa shape index (κ2) is 7.80. The molecule has 2 N–H and O–H groups in total. The third kappa shape index (κ3) is 4.87. The first-order chi connectivity index (χ1) is 9.86. The number of nitro groups is 1. The van der Waals surface area contributed by atoms with Crippen molar-refractivity contribution in [1.82, 2.24) is 0 Å². The Kier molecular flexibility index (Phi) is 6.39. The Morgan fingerprint density at radius 3 is 2.76 bits per heavy atom. The van der Waals surface area contributed by atoms with Gasteiger partial charge in [0.25, 0.3) is 5.69 Å². The molecule has 116 valence electrons. The van der Waals surface area contributed by atoms with Gasteiger partial charge in [0.2, 0.25) is 0 Å². The number of ether oxygens (including phenoxy) is 1. The van der Waals surface area contributed by atoms with Gasteiger partial charge >= 0.3 is 5.97 Å². The summed E-state index contributed by atoms with van der Waals surface area (Å²) >= 11 is 5.84. The highest BCUT2D eigenvalue weighted by Crippen LogP contribution is 2.31. The van der Waals surface area contributed by atoms with Crippen LogP contribution in [0.2, 0.25) is 5.02 Å². The summed E-state index contributed by atoms with van der Waals surface area (Å²) in [6, 6.07) is 1.89. The van der Waals surface area contributed by atoms with E-state index >= 15 is 0 Å². The average molecular weight is 317 g/mol. The van der Waals surface area contributed by atoms with Crippen molar-refractivity contribution in [2.75, 3.05) is 19.0 Å². The Morgan fingerprint density at radius 2 is 2.24 bits per heavy atom. The summed E-state index contributed by atoms with van der Waals surface area (Å²) in [6.07, 6.45) is 0.956. The summed E-state index contributed by atoms with van der Waals surface area (Å²) in [5.74, 6) is -1.00. The van der Waals surface area contributed by atoms with Crippen LogP contribution in [0.5, 0.6) is 0 Å². The molecule has 0 saturated heterocycles. The van der Waals surface area contributed by atoms with Gasteiger partial charge in [-0.15, -0.1) is 0 Å². The normalized spacial score (nSPS) is 12.0. The first-order valence-electron chi connectivity index (χ1n) is 6.29. The van der Waals surface area contributed by atoms with Crippen molar-refractivity contribution in [2.45, 2.75) is 25.8 Å². The number of carbonyl (C=O) groups is 1. The van der Waals surface area contributed by atoms with E-state index in [0.717, 1.165) is 0 Å². The molecule has 1 aromatic rings. The topological polar surface area (TPSA) is 102 Å². The van der Waals surface area contributed by atoms with Gasteiger partial charge < -0.3 is 15.2 Å². The van der Waals surface area contributed by atoms with Crippen LogP contribution in [0.1, 0.15) is 18.4 Å². The molecular weight excluding hydrogens is 300 g/mol. The smallest absolute Gasteiger partial charge is 0.326 e. The fourth-order valence-corrected chi connectivity index (χ4v) is 2.07. The number of nitrogens with zero attached hydrogens (tertiary/aromatic N) is 1. The SMILES string of the molecule is COCCCC(Nc1cc(Cl)c([N+](=O)[O-])cc1C)C(=O)O. The molecule has 0 aliphatic carbocycles. The number of carboxylic acids is 1. The maximum absolute atomic E-state index is 11.2. The quantitative estimate of drug-likeness (QED) is 0.434. The molecule has 1 aromatic carbocycles. The van der Waals surface area contributed by atoms with Gasteiger partial charge in [0.1, 0.15) is 11.1 Å². The molecule has 7 nitrogen and oxygen atoms in total. The molecule has 0 aromatic heterocycles. The first-order valence-corrected chi connectivity index (χ1v) is 6.67. The van der Waals surface area contributed by atoms with E-state index in [1.807, 2.05) is 0 Å². The van der Waals surface area contributed by atoms with Crippen molar-refractivity contribution in [3.63, 3.8) is 0 Å². The summed E-state index contributed by atoms with van der Waals surface area (Å²) in [5, 5.41) is 22.8. The number of benzene rings is 1. The highest BCUT2D eigenvalue weighted by molar-refractivity contribution is 6.33. The lowest BCUT2D eigenvalue weighted by Gasteiger charge is -2.17. The van der Waals surface area contributed by atoms with Crippen molar-refractivity contribution in [1.29, 1.82) is 0 Å². The number of aliphatic carboxylic acids is 1. The Balaban J connectivity index is 2.91. The van der Waals surface area contributed by atoms with Gasteiger partial charge in [0.15, 0.2) is 0 Å². The summed E-state index contributed by atoms with van der Waals surface area (Å²) in [5.41, 5.74) is 0.825. The van der Waals surface area contributed by atoms with E-state index in [0.29, 0.717) is 30.7 Å². The summed E-state index contributed by atoms with van der Waals surface area (Å²) in [7, 11) is 1.55. The molecule has 0 fully saturated rings. The minimum atomic E-state index is -1.00. The van der Waals surface area contributed by atoms with Crippen LogP contribution in [-0.2, 0) is 9.53 Å². The molecule has 0 aliphatic rings. The number of nitro benzene ring substituents is 1. The predicted molar refractivity (Wildman–Crippen MR) is 79.0 cm³/mol. The fraction of sp³-hybridized carbons (Fsp3) is 0.462. The van der Waals surface area contributed by atoms with Crippen molar-refractivity contribution in [3.05, 3.63) is 32.8 Å². The van der Waals surface area contributed by atoms with Crippen molar-refractivity contribution in [2.24, 2.45) is 0 Å². The third-order valence-electron chi connectivity index (χ3n) is 2.96. The number of rotatable bonds is 8. The van der Waals surface area contributed by atoms with Gasteiger partial charge in [0.05, 0.1) is 4.92 Å². The Morgan fingerprint density at radius 1 is 1.57 bits per heavy atom. The molecule has 0 aliphatic heterocycles. The third-order valence-corrected chi connectivity index (χ3v) is 3.26. The summed E-state index contributed by atoms with van der Waals surface area (Å²) < 4.78 is 4.89. The maximum Gasteiger partial charge on any atom is 0.326 e. The molecule has 8 heteroatoms. The minimum Gasteiger partial charge on any atom is -0.480 e. The Hall–Kier alpha value is -1.86. The highest BCUT2D eigenvalue weighted by Gasteiger charge is 2.20. The van der Waals surface area contributed by atoms with Gasteiger partial charge in [0, 0.05) is 25.5 Å². The minimum absolute atomic E-state index is 0.0332. The van der Waals surface area contributed by atoms with E-state index < -0.39 is 16.9 Å². The average Bonchev–Trinajstić information content (AvgIpc) is 2.40. The van der Waals surface area contributed by atoms with E-state index in [1.54, 1.807) is 14.0 Å². The Bertz CT molecular complexity index is 536. The van der Waals surface area contributed by atoms with Crippen LogP contribution >= 0.6 is 11.6 Å². The molecule has 0 bridgehead atoms. The molecule has 0 radical (unpaired) electrons. The fourth-order valence-electron chi connectivity index (χ4n) is 1.84. The van der Waals surface area contributed by atoms with Crippen molar-refractivity contribution >= 4 is 28.9 Å². The summed E-state index contributed by atoms with van der Waals surface area (Å²) in [4.78, 5) is 21.4. The lowest BCUT2D eigenvalue weighted by Crippen LogP contribution is -2.29. The number of hydrogen-bond donors (Lipinski definition) is 2. The molecule has 0 heterocycles. The van der Waals surface area contributed by atoms with Gasteiger partial charge in [-0.2, -0.15) is 0 Å². The molecule has 1 atom stereocenters. The monoisotopic (exact) mass is 316 g/mol. The molecule has 0 spiro atoms. The Labute approximate surface area is 127 Å². The van der Waals surface area contributed by atoms with Crippen LogP contribution in [0.25, 0.3) is 0 Å². The number of hydrogen-bond acceptors (Lipinski definition) is 5. The zero-order chi connectivity index (χ0) is 16.0. The second-order valence-electron chi connectivity index (χ2n) is 4.55. The highest BCUT2D eigenvalue weighted by atomic mass is 35.5. The van der Waals surface area contributed by atoms with Crippen LogP contribution in [0.15, 0.2) is 12.1 Å². The molecule has 21 heavy (non-hydrogen) atoms. The van der Waals surface area contributed by atoms with Crippen molar-refractivity contribution in [3.8, 4) is 0 Å². The number of halogens is 1. The zero-order valence-corrected chi connectivity index (χ0v) is 12.5. The summed E-state index contributed by atoms with van der Waals surface area (Å²) in [6.45, 7) is 2.12. The van der Waals surface area contributed by atoms with Crippen LogP contribution in [-0.4, -0.2) is 35.8 Å². The largest absolute Gasteiger partial charge is 0.480 e. The van der Waals surface area contributed by atoms with Crippen LogP contribution in [0, 0.1) is 17.0 Å². The van der Waals surface area contributed by atoms with E-state index in [2.05, 4.69) is 5.32 Å². The standard InChI is InChI=1S/C13H17ClN2O5/c1-8-6-12(16(19)20)9(14)7-11(8)15-10(13(17)18)4-3-5-21-2/h6-7,10,15H,3-5H2,1-2H3,(H,17,18). The molecule has 1 unspecified atom stereocenters. The lowest BCUT2D eigenvalue weighted by molar-refractivity contribution is -0.384. The first kappa shape index (κ1) is 17.2. The number of nitrogens with one attached hydrogen (secondary N) is 1. The number of anilines is 1. The number of methoxy groups -OCH3 is 1. The van der Waals surface area contributed by atoms with Crippen molar-refractivity contribution < 1.29 is 19.6 Å². The van der Waals surface area contributed by atoms with Crippen LogP contribution < -0.4 is 5.32 Å². The van der Waals surface area contributed by atoms with Gasteiger partial charge in [-0.1, -0.05) is 11.6 Å². The number of carboxylic acid groups (broad SMARTS) is 1. The molecule has 0 amide bonds. The van der Waals surface area contributed by atoms with Crippen LogP contribution in [0.3, 0.4) is 0 Å². The van der Waals surface area contributed by atoms with E-state index in [4.69, 9.17) is 16.3 Å². The predicted octanol–water partition coefficient (Wildman–Crippen LogP) is 2.85. The second-order valence-corrected chi connectivity index (χ2v) is 4.95. The van der Waals surface area contributed by atoms with Gasteiger partial charge in [-0.3, -0.25) is 10.1 Å². The molecule has 0 saturated carbocycles. The molecular formula is C13H17ClN2O5. The van der Waals surface area contributed by atoms with E-state index in [-0.39, 0.29) is 10.7 Å². The van der Waals surface area contributed by atoms with Gasteiger partial charge in [-0.05, 0) is 31.4 Å².